The van der Waals surface area contributed by atoms with E-state index >= 15 is 0 Å². The smallest absolute Gasteiger partial charge is 0.253 e. The van der Waals surface area contributed by atoms with Crippen molar-refractivity contribution < 1.29 is 9.59 Å². The summed E-state index contributed by atoms with van der Waals surface area (Å²) in [5, 5.41) is 2.80. The highest BCUT2D eigenvalue weighted by atomic mass is 35.5. The molecule has 0 bridgehead atoms. The van der Waals surface area contributed by atoms with Crippen LogP contribution in [0.4, 0.5) is 5.69 Å². The maximum Gasteiger partial charge on any atom is 0.253 e. The number of carbonyl (C=O) groups is 2. The van der Waals surface area contributed by atoms with Crippen LogP contribution in [0.2, 0.25) is 0 Å². The standard InChI is InChI=1S/C16H25N3O2.ClH/c1-10-9-11(7-8-12(10)15(21)19(5)6)18-14(20)13(17)16(2,3)4;/h7-9,13H,17H2,1-6H3,(H,18,20);1H/t13-;/m1./s1. The normalized spacial score (nSPS) is 12.1. The number of amides is 2. The number of carbonyl (C=O) groups excluding carboxylic acids is 2. The molecule has 0 saturated heterocycles. The Labute approximate surface area is 138 Å². The average molecular weight is 328 g/mol. The molecule has 5 nitrogen and oxygen atoms in total. The SMILES string of the molecule is Cc1cc(NC(=O)[C@@H](N)C(C)(C)C)ccc1C(=O)N(C)C.Cl. The highest BCUT2D eigenvalue weighted by Crippen LogP contribution is 2.20. The third-order valence-corrected chi connectivity index (χ3v) is 3.35. The first-order chi connectivity index (χ1) is 9.54. The Hall–Kier alpha value is -1.59. The van der Waals surface area contributed by atoms with Crippen molar-refractivity contribution in [3.05, 3.63) is 29.3 Å². The number of nitrogens with zero attached hydrogens (tertiary/aromatic N) is 1. The molecule has 0 aliphatic heterocycles. The van der Waals surface area contributed by atoms with Gasteiger partial charge >= 0.3 is 0 Å². The van der Waals surface area contributed by atoms with Crippen molar-refractivity contribution >= 4 is 29.9 Å². The quantitative estimate of drug-likeness (QED) is 0.895. The van der Waals surface area contributed by atoms with Gasteiger partial charge in [-0.3, -0.25) is 9.59 Å². The van der Waals surface area contributed by atoms with Gasteiger partial charge in [0.2, 0.25) is 5.91 Å². The predicted molar refractivity (Wildman–Crippen MR) is 92.5 cm³/mol. The Bertz CT molecular complexity index is 551. The van der Waals surface area contributed by atoms with E-state index in [1.807, 2.05) is 27.7 Å². The fraction of sp³-hybridized carbons (Fsp3) is 0.500. The van der Waals surface area contributed by atoms with Crippen molar-refractivity contribution in [3.8, 4) is 0 Å². The zero-order valence-corrected chi connectivity index (χ0v) is 14.9. The molecule has 0 fully saturated rings. The topological polar surface area (TPSA) is 75.4 Å². The fourth-order valence-electron chi connectivity index (χ4n) is 1.84. The van der Waals surface area contributed by atoms with Gasteiger partial charge in [0.05, 0.1) is 6.04 Å². The Morgan fingerprint density at radius 3 is 2.18 bits per heavy atom. The van der Waals surface area contributed by atoms with Crippen molar-refractivity contribution in [2.45, 2.75) is 33.7 Å². The summed E-state index contributed by atoms with van der Waals surface area (Å²) in [5.41, 5.74) is 7.70. The molecular formula is C16H26ClN3O2. The van der Waals surface area contributed by atoms with Gasteiger partial charge in [0.15, 0.2) is 0 Å². The number of halogens is 1. The molecule has 0 aromatic heterocycles. The van der Waals surface area contributed by atoms with E-state index < -0.39 is 6.04 Å². The summed E-state index contributed by atoms with van der Waals surface area (Å²) in [7, 11) is 3.42. The molecule has 1 aromatic rings. The first-order valence-electron chi connectivity index (χ1n) is 6.92. The Morgan fingerprint density at radius 1 is 1.23 bits per heavy atom. The molecule has 6 heteroatoms. The van der Waals surface area contributed by atoms with Crippen LogP contribution < -0.4 is 11.1 Å². The van der Waals surface area contributed by atoms with E-state index in [0.29, 0.717) is 11.3 Å². The zero-order chi connectivity index (χ0) is 16.4. The number of nitrogens with two attached hydrogens (primary N) is 1. The summed E-state index contributed by atoms with van der Waals surface area (Å²) in [6.45, 7) is 7.60. The Kier molecular flexibility index (Phi) is 7.06. The predicted octanol–water partition coefficient (Wildman–Crippen LogP) is 2.43. The van der Waals surface area contributed by atoms with Gasteiger partial charge in [0.25, 0.3) is 5.91 Å². The van der Waals surface area contributed by atoms with Crippen LogP contribution in [0, 0.1) is 12.3 Å². The van der Waals surface area contributed by atoms with Crippen LogP contribution >= 0.6 is 12.4 Å². The molecule has 0 saturated carbocycles. The maximum absolute atomic E-state index is 12.1. The first-order valence-corrected chi connectivity index (χ1v) is 6.92. The molecule has 1 atom stereocenters. The lowest BCUT2D eigenvalue weighted by Gasteiger charge is -2.26. The summed E-state index contributed by atoms with van der Waals surface area (Å²) >= 11 is 0. The summed E-state index contributed by atoms with van der Waals surface area (Å²) in [6.07, 6.45) is 0. The van der Waals surface area contributed by atoms with Crippen molar-refractivity contribution in [1.29, 1.82) is 0 Å². The fourth-order valence-corrected chi connectivity index (χ4v) is 1.84. The molecule has 0 aliphatic rings. The number of nitrogens with one attached hydrogen (secondary N) is 1. The zero-order valence-electron chi connectivity index (χ0n) is 14.1. The number of rotatable bonds is 3. The maximum atomic E-state index is 12.1. The van der Waals surface area contributed by atoms with Gasteiger partial charge in [-0.2, -0.15) is 0 Å². The van der Waals surface area contributed by atoms with Crippen molar-refractivity contribution in [2.24, 2.45) is 11.1 Å². The van der Waals surface area contributed by atoms with Gasteiger partial charge < -0.3 is 16.0 Å². The van der Waals surface area contributed by atoms with Crippen LogP contribution in [-0.4, -0.2) is 36.9 Å². The summed E-state index contributed by atoms with van der Waals surface area (Å²) < 4.78 is 0. The van der Waals surface area contributed by atoms with E-state index in [-0.39, 0.29) is 29.6 Å². The second kappa shape index (κ2) is 7.61. The van der Waals surface area contributed by atoms with Crippen LogP contribution in [0.15, 0.2) is 18.2 Å². The number of aryl methyl sites for hydroxylation is 1. The molecule has 22 heavy (non-hydrogen) atoms. The minimum atomic E-state index is -0.596. The highest BCUT2D eigenvalue weighted by molar-refractivity contribution is 5.98. The van der Waals surface area contributed by atoms with Gasteiger partial charge in [0.1, 0.15) is 0 Å². The van der Waals surface area contributed by atoms with E-state index in [2.05, 4.69) is 5.32 Å². The van der Waals surface area contributed by atoms with E-state index in [4.69, 9.17) is 5.73 Å². The third-order valence-electron chi connectivity index (χ3n) is 3.35. The Morgan fingerprint density at radius 2 is 1.77 bits per heavy atom. The lowest BCUT2D eigenvalue weighted by Crippen LogP contribution is -2.45. The molecule has 0 spiro atoms. The van der Waals surface area contributed by atoms with E-state index in [0.717, 1.165) is 5.56 Å². The molecule has 124 valence electrons. The van der Waals surface area contributed by atoms with Crippen LogP contribution in [0.25, 0.3) is 0 Å². The second-order valence-corrected chi connectivity index (χ2v) is 6.56. The lowest BCUT2D eigenvalue weighted by atomic mass is 9.87. The van der Waals surface area contributed by atoms with Crippen LogP contribution in [0.3, 0.4) is 0 Å². The molecule has 0 heterocycles. The van der Waals surface area contributed by atoms with E-state index in [1.54, 1.807) is 32.3 Å². The largest absolute Gasteiger partial charge is 0.345 e. The van der Waals surface area contributed by atoms with Gasteiger partial charge in [0, 0.05) is 25.3 Å². The minimum Gasteiger partial charge on any atom is -0.345 e. The lowest BCUT2D eigenvalue weighted by molar-refractivity contribution is -0.119. The van der Waals surface area contributed by atoms with Crippen LogP contribution in [0.1, 0.15) is 36.7 Å². The van der Waals surface area contributed by atoms with E-state index in [9.17, 15) is 9.59 Å². The summed E-state index contributed by atoms with van der Waals surface area (Å²) in [6, 6.07) is 4.62. The second-order valence-electron chi connectivity index (χ2n) is 6.56. The van der Waals surface area contributed by atoms with Crippen LogP contribution in [-0.2, 0) is 4.79 Å². The van der Waals surface area contributed by atoms with Gasteiger partial charge in [-0.05, 0) is 36.1 Å². The molecule has 0 unspecified atom stereocenters. The number of benzene rings is 1. The van der Waals surface area contributed by atoms with Crippen molar-refractivity contribution in [2.75, 3.05) is 19.4 Å². The molecule has 3 N–H and O–H groups in total. The molecule has 0 radical (unpaired) electrons. The third kappa shape index (κ3) is 5.00. The molecule has 1 rings (SSSR count). The van der Waals surface area contributed by atoms with Crippen molar-refractivity contribution in [3.63, 3.8) is 0 Å². The van der Waals surface area contributed by atoms with Gasteiger partial charge in [-0.25, -0.2) is 0 Å². The number of anilines is 1. The summed E-state index contributed by atoms with van der Waals surface area (Å²) in [4.78, 5) is 25.6. The van der Waals surface area contributed by atoms with Gasteiger partial charge in [-0.15, -0.1) is 12.4 Å². The monoisotopic (exact) mass is 327 g/mol. The summed E-state index contributed by atoms with van der Waals surface area (Å²) in [5.74, 6) is -0.287. The highest BCUT2D eigenvalue weighted by Gasteiger charge is 2.27. The molecule has 1 aromatic carbocycles. The minimum absolute atomic E-state index is 0. The van der Waals surface area contributed by atoms with Crippen LogP contribution in [0.5, 0.6) is 0 Å². The number of hydrogen-bond acceptors (Lipinski definition) is 3. The average Bonchev–Trinajstić information content (AvgIpc) is 2.35. The van der Waals surface area contributed by atoms with E-state index in [1.165, 1.54) is 4.90 Å². The first kappa shape index (κ1) is 20.4. The Balaban J connectivity index is 0.00000441. The molecule has 0 aliphatic carbocycles. The number of hydrogen-bond donors (Lipinski definition) is 2. The van der Waals surface area contributed by atoms with Crippen molar-refractivity contribution in [1.82, 2.24) is 4.90 Å². The molecule has 2 amide bonds. The molecular weight excluding hydrogens is 302 g/mol. The van der Waals surface area contributed by atoms with Gasteiger partial charge in [-0.1, -0.05) is 20.8 Å².